The molecule has 31 heavy (non-hydrogen) atoms. The Labute approximate surface area is 183 Å². The normalized spacial score (nSPS) is 10.6. The molecule has 4 aromatic heterocycles. The lowest BCUT2D eigenvalue weighted by Gasteiger charge is -2.06. The molecule has 8 nitrogen and oxygen atoms in total. The van der Waals surface area contributed by atoms with Crippen LogP contribution >= 0.6 is 11.3 Å². The lowest BCUT2D eigenvalue weighted by Crippen LogP contribution is -2.24. The zero-order valence-corrected chi connectivity index (χ0v) is 17.9. The van der Waals surface area contributed by atoms with Gasteiger partial charge in [0.1, 0.15) is 5.69 Å². The van der Waals surface area contributed by atoms with Crippen LogP contribution in [-0.2, 0) is 13.1 Å². The maximum absolute atomic E-state index is 12.7. The number of hydrogen-bond acceptors (Lipinski definition) is 8. The van der Waals surface area contributed by atoms with Gasteiger partial charge in [-0.2, -0.15) is 0 Å². The molecule has 0 fully saturated rings. The van der Waals surface area contributed by atoms with Gasteiger partial charge in [-0.1, -0.05) is 12.1 Å². The molecule has 0 saturated heterocycles. The van der Waals surface area contributed by atoms with Crippen molar-refractivity contribution in [3.63, 3.8) is 0 Å². The highest BCUT2D eigenvalue weighted by Crippen LogP contribution is 2.31. The Bertz CT molecular complexity index is 1180. The third kappa shape index (κ3) is 4.89. The van der Waals surface area contributed by atoms with Gasteiger partial charge in [-0.15, -0.1) is 11.3 Å². The van der Waals surface area contributed by atoms with E-state index in [1.807, 2.05) is 30.3 Å². The summed E-state index contributed by atoms with van der Waals surface area (Å²) in [6, 6.07) is 11.3. The molecule has 158 valence electrons. The van der Waals surface area contributed by atoms with E-state index in [0.29, 0.717) is 30.5 Å². The van der Waals surface area contributed by atoms with Crippen LogP contribution in [0.25, 0.3) is 10.1 Å². The number of rotatable bonds is 8. The molecule has 1 amide bonds. The standard InChI is InChI=1S/C22H21N5O3S/c1-29-18-5-3-14(10-24-18)12-26-20-9-16-17(31-20)7-8-23-21(16)22(28)27-13-15-4-6-19(30-2)25-11-15/h3-11,26H,12-13H2,1-2H3,(H,27,28). The van der Waals surface area contributed by atoms with Crippen LogP contribution in [0.2, 0.25) is 0 Å². The van der Waals surface area contributed by atoms with Crippen LogP contribution in [0.5, 0.6) is 11.8 Å². The van der Waals surface area contributed by atoms with Crippen LogP contribution in [0, 0.1) is 0 Å². The number of carbonyl (C=O) groups is 1. The molecule has 4 aromatic rings. The molecule has 9 heteroatoms. The second kappa shape index (κ2) is 9.40. The Morgan fingerprint density at radius 1 is 0.935 bits per heavy atom. The first kappa shape index (κ1) is 20.5. The fraction of sp³-hybridized carbons (Fsp3) is 0.182. The summed E-state index contributed by atoms with van der Waals surface area (Å²) < 4.78 is 11.1. The van der Waals surface area contributed by atoms with Gasteiger partial charge in [0.05, 0.1) is 19.2 Å². The summed E-state index contributed by atoms with van der Waals surface area (Å²) in [5, 5.41) is 8.05. The predicted molar refractivity (Wildman–Crippen MR) is 120 cm³/mol. The SMILES string of the molecule is COc1ccc(CNC(=O)c2nccc3sc(NCc4ccc(OC)nc4)cc23)cn1. The number of thiophene rings is 1. The van der Waals surface area contributed by atoms with Gasteiger partial charge in [-0.25, -0.2) is 9.97 Å². The Morgan fingerprint density at radius 3 is 2.23 bits per heavy atom. The zero-order chi connectivity index (χ0) is 21.6. The fourth-order valence-corrected chi connectivity index (χ4v) is 3.91. The summed E-state index contributed by atoms with van der Waals surface area (Å²) in [5.74, 6) is 0.883. The van der Waals surface area contributed by atoms with Crippen molar-refractivity contribution >= 4 is 32.3 Å². The van der Waals surface area contributed by atoms with E-state index in [1.54, 1.807) is 50.2 Å². The second-order valence-corrected chi connectivity index (χ2v) is 7.72. The van der Waals surface area contributed by atoms with Gasteiger partial charge in [-0.05, 0) is 23.3 Å². The van der Waals surface area contributed by atoms with Crippen LogP contribution < -0.4 is 20.1 Å². The van der Waals surface area contributed by atoms with Crippen molar-refractivity contribution < 1.29 is 14.3 Å². The molecule has 0 atom stereocenters. The number of amides is 1. The largest absolute Gasteiger partial charge is 0.481 e. The molecule has 0 aliphatic rings. The van der Waals surface area contributed by atoms with Crippen molar-refractivity contribution in [3.05, 3.63) is 71.8 Å². The van der Waals surface area contributed by atoms with Crippen molar-refractivity contribution in [2.75, 3.05) is 19.5 Å². The second-order valence-electron chi connectivity index (χ2n) is 6.64. The van der Waals surface area contributed by atoms with Gasteiger partial charge in [0, 0.05) is 53.9 Å². The number of hydrogen-bond donors (Lipinski definition) is 2. The van der Waals surface area contributed by atoms with Crippen molar-refractivity contribution in [1.29, 1.82) is 0 Å². The highest BCUT2D eigenvalue weighted by atomic mass is 32.1. The van der Waals surface area contributed by atoms with E-state index in [2.05, 4.69) is 25.6 Å². The van der Waals surface area contributed by atoms with Gasteiger partial charge in [0.25, 0.3) is 5.91 Å². The summed E-state index contributed by atoms with van der Waals surface area (Å²) in [6.07, 6.45) is 5.10. The fourth-order valence-electron chi connectivity index (χ4n) is 2.96. The Hall–Kier alpha value is -3.72. The monoisotopic (exact) mass is 435 g/mol. The highest BCUT2D eigenvalue weighted by Gasteiger charge is 2.14. The number of nitrogens with one attached hydrogen (secondary N) is 2. The molecule has 0 bridgehead atoms. The molecule has 0 spiro atoms. The number of ether oxygens (including phenoxy) is 2. The molecule has 0 aliphatic heterocycles. The van der Waals surface area contributed by atoms with Crippen LogP contribution in [0.1, 0.15) is 21.6 Å². The van der Waals surface area contributed by atoms with Crippen molar-refractivity contribution in [3.8, 4) is 11.8 Å². The predicted octanol–water partition coefficient (Wildman–Crippen LogP) is 3.65. The van der Waals surface area contributed by atoms with E-state index >= 15 is 0 Å². The number of fused-ring (bicyclic) bond motifs is 1. The van der Waals surface area contributed by atoms with Gasteiger partial charge >= 0.3 is 0 Å². The molecular weight excluding hydrogens is 414 g/mol. The smallest absolute Gasteiger partial charge is 0.270 e. The van der Waals surface area contributed by atoms with Crippen LogP contribution in [-0.4, -0.2) is 35.1 Å². The van der Waals surface area contributed by atoms with Gasteiger partial charge in [-0.3, -0.25) is 9.78 Å². The molecule has 4 rings (SSSR count). The minimum atomic E-state index is -0.231. The van der Waals surface area contributed by atoms with Crippen molar-refractivity contribution in [2.45, 2.75) is 13.1 Å². The number of pyridine rings is 3. The summed E-state index contributed by atoms with van der Waals surface area (Å²) in [4.78, 5) is 25.4. The van der Waals surface area contributed by atoms with Gasteiger partial charge in [0.15, 0.2) is 0 Å². The number of carbonyl (C=O) groups excluding carboxylic acids is 1. The van der Waals surface area contributed by atoms with E-state index in [-0.39, 0.29) is 5.91 Å². The number of aromatic nitrogens is 3. The van der Waals surface area contributed by atoms with E-state index < -0.39 is 0 Å². The van der Waals surface area contributed by atoms with E-state index in [9.17, 15) is 4.79 Å². The zero-order valence-electron chi connectivity index (χ0n) is 17.1. The third-order valence-electron chi connectivity index (χ3n) is 4.59. The highest BCUT2D eigenvalue weighted by molar-refractivity contribution is 7.22. The van der Waals surface area contributed by atoms with Crippen LogP contribution in [0.15, 0.2) is 55.0 Å². The summed E-state index contributed by atoms with van der Waals surface area (Å²) in [5.41, 5.74) is 2.30. The Kier molecular flexibility index (Phi) is 6.23. The van der Waals surface area contributed by atoms with E-state index in [4.69, 9.17) is 9.47 Å². The Morgan fingerprint density at radius 2 is 1.61 bits per heavy atom. The lowest BCUT2D eigenvalue weighted by molar-refractivity contribution is 0.0948. The minimum absolute atomic E-state index is 0.231. The first-order valence-electron chi connectivity index (χ1n) is 9.54. The maximum atomic E-state index is 12.7. The van der Waals surface area contributed by atoms with E-state index in [0.717, 1.165) is 26.2 Å². The summed E-state index contributed by atoms with van der Waals surface area (Å²) in [7, 11) is 3.15. The van der Waals surface area contributed by atoms with Gasteiger partial charge < -0.3 is 20.1 Å². The van der Waals surface area contributed by atoms with Crippen LogP contribution in [0.4, 0.5) is 5.00 Å². The number of nitrogens with zero attached hydrogens (tertiary/aromatic N) is 3. The molecule has 4 heterocycles. The molecule has 0 unspecified atom stereocenters. The van der Waals surface area contributed by atoms with Crippen molar-refractivity contribution in [1.82, 2.24) is 20.3 Å². The topological polar surface area (TPSA) is 98.3 Å². The average molecular weight is 436 g/mol. The summed E-state index contributed by atoms with van der Waals surface area (Å²) in [6.45, 7) is 0.969. The van der Waals surface area contributed by atoms with Crippen molar-refractivity contribution in [2.24, 2.45) is 0 Å². The number of methoxy groups -OCH3 is 2. The first-order valence-corrected chi connectivity index (χ1v) is 10.4. The van der Waals surface area contributed by atoms with E-state index in [1.165, 1.54) is 0 Å². The molecule has 0 saturated carbocycles. The average Bonchev–Trinajstić information content (AvgIpc) is 3.25. The molecule has 0 aliphatic carbocycles. The molecular formula is C22H21N5O3S. The minimum Gasteiger partial charge on any atom is -0.481 e. The maximum Gasteiger partial charge on any atom is 0.270 e. The van der Waals surface area contributed by atoms with Gasteiger partial charge in [0.2, 0.25) is 11.8 Å². The quantitative estimate of drug-likeness (QED) is 0.436. The first-order chi connectivity index (χ1) is 15.2. The lowest BCUT2D eigenvalue weighted by atomic mass is 10.2. The molecule has 0 radical (unpaired) electrons. The third-order valence-corrected chi connectivity index (χ3v) is 5.65. The number of anilines is 1. The summed E-state index contributed by atoms with van der Waals surface area (Å²) >= 11 is 1.57. The molecule has 0 aromatic carbocycles. The Balaban J connectivity index is 1.44. The van der Waals surface area contributed by atoms with Crippen LogP contribution in [0.3, 0.4) is 0 Å². The molecule has 2 N–H and O–H groups in total.